The number of benzene rings is 8. The van der Waals surface area contributed by atoms with Crippen LogP contribution in [0.5, 0.6) is 0 Å². The van der Waals surface area contributed by atoms with Crippen molar-refractivity contribution in [3.8, 4) is 44.9 Å². The first kappa shape index (κ1) is 31.8. The molecule has 0 saturated heterocycles. The smallest absolute Gasteiger partial charge is 0.161 e. The van der Waals surface area contributed by atoms with Crippen molar-refractivity contribution in [2.75, 3.05) is 4.90 Å². The molecule has 0 N–H and O–H groups in total. The number of anilines is 3. The van der Waals surface area contributed by atoms with Gasteiger partial charge in [-0.2, -0.15) is 0 Å². The van der Waals surface area contributed by atoms with Crippen LogP contribution in [0.25, 0.3) is 76.0 Å². The van der Waals surface area contributed by atoms with Gasteiger partial charge in [-0.25, -0.2) is 9.97 Å². The highest BCUT2D eigenvalue weighted by atomic mass is 32.1. The van der Waals surface area contributed by atoms with E-state index in [-0.39, 0.29) is 0 Å². The lowest BCUT2D eigenvalue weighted by atomic mass is 10.0. The lowest BCUT2D eigenvalue weighted by Gasteiger charge is -2.26. The van der Waals surface area contributed by atoms with Crippen LogP contribution in [0.1, 0.15) is 0 Å². The second kappa shape index (κ2) is 13.6. The number of para-hydroxylation sites is 1. The highest BCUT2D eigenvalue weighted by Gasteiger charge is 2.19. The molecule has 0 atom stereocenters. The maximum Gasteiger partial charge on any atom is 0.161 e. The number of rotatable bonds is 7. The van der Waals surface area contributed by atoms with Gasteiger partial charge in [0.05, 0.1) is 11.2 Å². The third-order valence-electron chi connectivity index (χ3n) is 10.1. The Labute approximate surface area is 318 Å². The molecule has 10 aromatic rings. The lowest BCUT2D eigenvalue weighted by molar-refractivity contribution is 1.23. The van der Waals surface area contributed by atoms with Crippen molar-refractivity contribution in [2.24, 2.45) is 0 Å². The number of hydrogen-bond acceptors (Lipinski definition) is 4. The Hall–Kier alpha value is -6.88. The Kier molecular flexibility index (Phi) is 8.01. The van der Waals surface area contributed by atoms with Crippen LogP contribution in [0, 0.1) is 0 Å². The van der Waals surface area contributed by atoms with Gasteiger partial charge in [-0.1, -0.05) is 152 Å². The van der Waals surface area contributed by atoms with Gasteiger partial charge in [0.1, 0.15) is 0 Å². The van der Waals surface area contributed by atoms with Gasteiger partial charge in [0.2, 0.25) is 0 Å². The van der Waals surface area contributed by atoms with E-state index < -0.39 is 0 Å². The van der Waals surface area contributed by atoms with E-state index in [0.717, 1.165) is 50.6 Å². The van der Waals surface area contributed by atoms with Gasteiger partial charge in [-0.15, -0.1) is 11.3 Å². The van der Waals surface area contributed by atoms with Gasteiger partial charge in [-0.3, -0.25) is 0 Å². The van der Waals surface area contributed by atoms with Crippen LogP contribution in [-0.4, -0.2) is 9.97 Å². The molecule has 3 nitrogen and oxygen atoms in total. The summed E-state index contributed by atoms with van der Waals surface area (Å²) in [6, 6.07) is 70.9. The van der Waals surface area contributed by atoms with E-state index >= 15 is 0 Å². The Bertz CT molecular complexity index is 2820. The predicted octanol–water partition coefficient (Wildman–Crippen LogP) is 14.1. The molecule has 0 amide bonds. The number of aromatic nitrogens is 2. The van der Waals surface area contributed by atoms with Gasteiger partial charge in [0.25, 0.3) is 0 Å². The van der Waals surface area contributed by atoms with Gasteiger partial charge >= 0.3 is 0 Å². The average molecular weight is 708 g/mol. The third-order valence-corrected chi connectivity index (χ3v) is 11.2. The van der Waals surface area contributed by atoms with Crippen molar-refractivity contribution in [3.63, 3.8) is 0 Å². The van der Waals surface area contributed by atoms with Crippen LogP contribution in [0.4, 0.5) is 17.1 Å². The number of fused-ring (bicyclic) bond motifs is 4. The minimum atomic E-state index is 0.737. The summed E-state index contributed by atoms with van der Waals surface area (Å²) in [5, 5.41) is 3.43. The van der Waals surface area contributed by atoms with Gasteiger partial charge < -0.3 is 4.90 Å². The molecule has 4 heteroatoms. The topological polar surface area (TPSA) is 29.0 Å². The second-order valence-electron chi connectivity index (χ2n) is 13.4. The zero-order valence-corrected chi connectivity index (χ0v) is 30.1. The molecule has 0 saturated carbocycles. The molecule has 0 spiro atoms. The molecule has 54 heavy (non-hydrogen) atoms. The van der Waals surface area contributed by atoms with Gasteiger partial charge in [0, 0.05) is 53.7 Å². The lowest BCUT2D eigenvalue weighted by Crippen LogP contribution is -2.09. The molecule has 0 aliphatic heterocycles. The number of thiophene rings is 1. The monoisotopic (exact) mass is 707 g/mol. The van der Waals surface area contributed by atoms with Crippen molar-refractivity contribution in [2.45, 2.75) is 0 Å². The fourth-order valence-corrected chi connectivity index (χ4v) is 8.63. The quantitative estimate of drug-likeness (QED) is 0.165. The summed E-state index contributed by atoms with van der Waals surface area (Å²) in [5.41, 5.74) is 12.1. The van der Waals surface area contributed by atoms with Crippen molar-refractivity contribution in [3.05, 3.63) is 200 Å². The van der Waals surface area contributed by atoms with E-state index in [1.54, 1.807) is 0 Å². The van der Waals surface area contributed by atoms with E-state index in [1.807, 2.05) is 23.5 Å². The van der Waals surface area contributed by atoms with E-state index in [4.69, 9.17) is 9.97 Å². The van der Waals surface area contributed by atoms with Crippen LogP contribution in [0.3, 0.4) is 0 Å². The van der Waals surface area contributed by atoms with Crippen LogP contribution in [-0.2, 0) is 0 Å². The first-order valence-corrected chi connectivity index (χ1v) is 19.0. The second-order valence-corrected chi connectivity index (χ2v) is 14.5. The largest absolute Gasteiger partial charge is 0.310 e. The van der Waals surface area contributed by atoms with Crippen molar-refractivity contribution in [1.29, 1.82) is 0 Å². The summed E-state index contributed by atoms with van der Waals surface area (Å²) in [4.78, 5) is 12.7. The van der Waals surface area contributed by atoms with Gasteiger partial charge in [-0.05, 0) is 70.8 Å². The Balaban J connectivity index is 1.11. The third kappa shape index (κ3) is 5.79. The molecule has 0 aliphatic carbocycles. The Morgan fingerprint density at radius 1 is 0.370 bits per heavy atom. The molecule has 0 unspecified atom stereocenters. The molecule has 8 aromatic carbocycles. The molecule has 0 radical (unpaired) electrons. The van der Waals surface area contributed by atoms with Crippen molar-refractivity contribution >= 4 is 59.5 Å². The summed E-state index contributed by atoms with van der Waals surface area (Å²) < 4.78 is 2.43. The minimum Gasteiger partial charge on any atom is -0.310 e. The molecule has 2 aromatic heterocycles. The zero-order chi connectivity index (χ0) is 35.8. The highest BCUT2D eigenvalue weighted by molar-refractivity contribution is 7.26. The van der Waals surface area contributed by atoms with Crippen LogP contribution in [0.15, 0.2) is 200 Å². The summed E-state index contributed by atoms with van der Waals surface area (Å²) in [6.07, 6.45) is 0. The Morgan fingerprint density at radius 2 is 0.907 bits per heavy atom. The van der Waals surface area contributed by atoms with Crippen molar-refractivity contribution < 1.29 is 0 Å². The maximum atomic E-state index is 5.25. The number of hydrogen-bond donors (Lipinski definition) is 0. The van der Waals surface area contributed by atoms with E-state index in [0.29, 0.717) is 0 Å². The molecule has 0 bridgehead atoms. The predicted molar refractivity (Wildman–Crippen MR) is 229 cm³/mol. The molecule has 0 fully saturated rings. The van der Waals surface area contributed by atoms with Crippen LogP contribution >= 0.6 is 11.3 Å². The maximum absolute atomic E-state index is 5.25. The normalized spacial score (nSPS) is 11.3. The first-order chi connectivity index (χ1) is 26.8. The molecular formula is C50H33N3S. The molecule has 10 rings (SSSR count). The van der Waals surface area contributed by atoms with E-state index in [9.17, 15) is 0 Å². The van der Waals surface area contributed by atoms with E-state index in [1.165, 1.54) is 42.4 Å². The minimum absolute atomic E-state index is 0.737. The average Bonchev–Trinajstić information content (AvgIpc) is 3.63. The summed E-state index contributed by atoms with van der Waals surface area (Å²) >= 11 is 1.81. The fraction of sp³-hybridized carbons (Fsp3) is 0. The Morgan fingerprint density at radius 3 is 1.54 bits per heavy atom. The number of nitrogens with zero attached hydrogens (tertiary/aromatic N) is 3. The van der Waals surface area contributed by atoms with E-state index in [2.05, 4.69) is 193 Å². The molecule has 254 valence electrons. The van der Waals surface area contributed by atoms with Crippen molar-refractivity contribution in [1.82, 2.24) is 9.97 Å². The molecule has 2 heterocycles. The summed E-state index contributed by atoms with van der Waals surface area (Å²) in [7, 11) is 0. The SMILES string of the molecule is c1ccc(-c2ccc(N(c3ccc(-c4ccccc4)cc3)c3ccc4c(c3)sc3cccc(-c5nc(-c6ccccc6)c6ccccc6n5)c34)cc2)cc1. The molecular weight excluding hydrogens is 675 g/mol. The van der Waals surface area contributed by atoms with Crippen LogP contribution < -0.4 is 4.90 Å². The standard InChI is InChI=1S/C50H33N3S/c1-4-13-34(14-5-1)36-23-27-39(28-24-36)53(40-29-25-37(26-30-40)35-15-6-2-7-16-35)41-31-32-43-47(33-41)54-46-22-12-20-44(48(43)46)50-51-45-21-11-10-19-42(45)49(52-50)38-17-8-3-9-18-38/h1-33H. The highest BCUT2D eigenvalue weighted by Crippen LogP contribution is 2.44. The fourth-order valence-electron chi connectivity index (χ4n) is 7.47. The summed E-state index contributed by atoms with van der Waals surface area (Å²) in [5.74, 6) is 0.737. The zero-order valence-electron chi connectivity index (χ0n) is 29.3. The van der Waals surface area contributed by atoms with Gasteiger partial charge in [0.15, 0.2) is 5.82 Å². The molecule has 0 aliphatic rings. The first-order valence-electron chi connectivity index (χ1n) is 18.2. The summed E-state index contributed by atoms with van der Waals surface area (Å²) in [6.45, 7) is 0. The van der Waals surface area contributed by atoms with Crippen LogP contribution in [0.2, 0.25) is 0 Å².